The van der Waals surface area contributed by atoms with Gasteiger partial charge in [0.2, 0.25) is 0 Å². The molecule has 0 radical (unpaired) electrons. The van der Waals surface area contributed by atoms with Gasteiger partial charge in [0.25, 0.3) is 11.6 Å². The maximum absolute atomic E-state index is 13.6. The number of carbonyl (C=O) groups excluding carboxylic acids is 1. The molecule has 1 amide bonds. The van der Waals surface area contributed by atoms with Crippen LogP contribution < -0.4 is 0 Å². The zero-order valence-corrected chi connectivity index (χ0v) is 15.4. The Hall–Kier alpha value is -2.09. The Morgan fingerprint density at radius 3 is 2.37 bits per heavy atom. The molecule has 2 aromatic carbocycles. The molecule has 0 fully saturated rings. The molecule has 3 rings (SSSR count). The predicted molar refractivity (Wildman–Crippen MR) is 96.0 cm³/mol. The fraction of sp³-hybridized carbons (Fsp3) is 0.222. The minimum atomic E-state index is -5.13. The fourth-order valence-corrected chi connectivity index (χ4v) is 3.13. The van der Waals surface area contributed by atoms with Crippen molar-refractivity contribution in [3.05, 3.63) is 69.2 Å². The number of carbonyl (C=O) groups is 1. The zero-order chi connectivity index (χ0) is 20.0. The molecule has 9 heteroatoms. The van der Waals surface area contributed by atoms with Crippen molar-refractivity contribution in [3.63, 3.8) is 0 Å². The minimum Gasteiger partial charge on any atom is -0.362 e. The lowest BCUT2D eigenvalue weighted by molar-refractivity contribution is -0.297. The molecule has 0 saturated heterocycles. The van der Waals surface area contributed by atoms with E-state index < -0.39 is 24.2 Å². The number of amides is 1. The van der Waals surface area contributed by atoms with Crippen LogP contribution in [0.25, 0.3) is 0 Å². The van der Waals surface area contributed by atoms with Crippen molar-refractivity contribution in [1.29, 1.82) is 0 Å². The summed E-state index contributed by atoms with van der Waals surface area (Å²) in [6.45, 7) is 1.72. The highest BCUT2D eigenvalue weighted by Crippen LogP contribution is 2.42. The normalized spacial score (nSPS) is 20.0. The Morgan fingerprint density at radius 1 is 1.19 bits per heavy atom. The number of halogens is 5. The molecule has 27 heavy (non-hydrogen) atoms. The summed E-state index contributed by atoms with van der Waals surface area (Å²) in [5.74, 6) is -1.15. The van der Waals surface area contributed by atoms with Gasteiger partial charge in [-0.25, -0.2) is 0 Å². The van der Waals surface area contributed by atoms with Crippen molar-refractivity contribution in [2.45, 2.75) is 25.2 Å². The van der Waals surface area contributed by atoms with Crippen LogP contribution in [-0.4, -0.2) is 33.6 Å². The standard InChI is InChI=1S/C18H13Cl2F3N2O2/c1-10-2-7-13(14(20)8-10)16(26)25-17(27,18(21,22)23)9-15(24-25)11-3-5-12(19)6-4-11/h2-8,27H,9H2,1H3/t17-/m1/s1. The lowest BCUT2D eigenvalue weighted by atomic mass is 10.0. The highest BCUT2D eigenvalue weighted by atomic mass is 35.5. The molecule has 2 aromatic rings. The molecule has 142 valence electrons. The molecular weight excluding hydrogens is 404 g/mol. The molecule has 0 aromatic heterocycles. The highest BCUT2D eigenvalue weighted by Gasteiger charge is 2.63. The zero-order valence-electron chi connectivity index (χ0n) is 13.9. The van der Waals surface area contributed by atoms with E-state index >= 15 is 0 Å². The van der Waals surface area contributed by atoms with E-state index in [-0.39, 0.29) is 21.3 Å². The minimum absolute atomic E-state index is 0.0281. The monoisotopic (exact) mass is 416 g/mol. The van der Waals surface area contributed by atoms with E-state index in [1.54, 1.807) is 6.92 Å². The van der Waals surface area contributed by atoms with Gasteiger partial charge >= 0.3 is 6.18 Å². The first-order valence-electron chi connectivity index (χ1n) is 7.76. The summed E-state index contributed by atoms with van der Waals surface area (Å²) in [4.78, 5) is 12.7. The van der Waals surface area contributed by atoms with Gasteiger partial charge in [-0.1, -0.05) is 41.4 Å². The molecule has 0 spiro atoms. The third-order valence-corrected chi connectivity index (χ3v) is 4.73. The smallest absolute Gasteiger partial charge is 0.362 e. The number of hydrazone groups is 1. The van der Waals surface area contributed by atoms with Gasteiger partial charge in [-0.2, -0.15) is 23.3 Å². The molecule has 1 atom stereocenters. The first-order chi connectivity index (χ1) is 12.5. The summed E-state index contributed by atoms with van der Waals surface area (Å²) >= 11 is 11.8. The topological polar surface area (TPSA) is 52.9 Å². The Labute approximate surface area is 162 Å². The lowest BCUT2D eigenvalue weighted by Gasteiger charge is -2.32. The van der Waals surface area contributed by atoms with Crippen LogP contribution >= 0.6 is 23.2 Å². The third kappa shape index (κ3) is 3.54. The lowest BCUT2D eigenvalue weighted by Crippen LogP contribution is -2.56. The van der Waals surface area contributed by atoms with Crippen molar-refractivity contribution in [1.82, 2.24) is 5.01 Å². The summed E-state index contributed by atoms with van der Waals surface area (Å²) in [6.07, 6.45) is -6.04. The van der Waals surface area contributed by atoms with Gasteiger partial charge in [-0.3, -0.25) is 4.79 Å². The number of rotatable bonds is 2. The number of aryl methyl sites for hydroxylation is 1. The molecule has 1 N–H and O–H groups in total. The molecule has 1 aliphatic heterocycles. The van der Waals surface area contributed by atoms with E-state index in [0.29, 0.717) is 10.6 Å². The van der Waals surface area contributed by atoms with Gasteiger partial charge in [-0.05, 0) is 42.3 Å². The van der Waals surface area contributed by atoms with Crippen molar-refractivity contribution in [2.75, 3.05) is 0 Å². The van der Waals surface area contributed by atoms with Gasteiger partial charge < -0.3 is 5.11 Å². The Kier molecular flexibility index (Phi) is 4.96. The SMILES string of the molecule is Cc1ccc(C(=O)N2N=C(c3ccc(Cl)cc3)C[C@@]2(O)C(F)(F)F)c(Cl)c1. The summed E-state index contributed by atoms with van der Waals surface area (Å²) in [5, 5.41) is 14.5. The number of aliphatic hydroxyl groups is 1. The second-order valence-electron chi connectivity index (χ2n) is 6.14. The molecule has 1 aliphatic rings. The van der Waals surface area contributed by atoms with Crippen molar-refractivity contribution >= 4 is 34.8 Å². The summed E-state index contributed by atoms with van der Waals surface area (Å²) in [5.41, 5.74) is -2.72. The number of hydrogen-bond donors (Lipinski definition) is 1. The first-order valence-corrected chi connectivity index (χ1v) is 8.52. The molecule has 0 bridgehead atoms. The van der Waals surface area contributed by atoms with E-state index in [1.807, 2.05) is 0 Å². The van der Waals surface area contributed by atoms with Crippen LogP contribution in [0.4, 0.5) is 13.2 Å². The second-order valence-corrected chi connectivity index (χ2v) is 6.99. The Morgan fingerprint density at radius 2 is 1.81 bits per heavy atom. The summed E-state index contributed by atoms with van der Waals surface area (Å²) in [7, 11) is 0. The molecule has 0 unspecified atom stereocenters. The number of alkyl halides is 3. The highest BCUT2D eigenvalue weighted by molar-refractivity contribution is 6.34. The van der Waals surface area contributed by atoms with E-state index in [9.17, 15) is 23.1 Å². The van der Waals surface area contributed by atoms with Crippen LogP contribution in [0.5, 0.6) is 0 Å². The van der Waals surface area contributed by atoms with Crippen LogP contribution in [0, 0.1) is 6.92 Å². The van der Waals surface area contributed by atoms with Crippen LogP contribution in [-0.2, 0) is 0 Å². The van der Waals surface area contributed by atoms with E-state index in [4.69, 9.17) is 23.2 Å². The Bertz CT molecular complexity index is 929. The van der Waals surface area contributed by atoms with E-state index in [2.05, 4.69) is 5.10 Å². The van der Waals surface area contributed by atoms with Crippen LogP contribution in [0.3, 0.4) is 0 Å². The number of hydrogen-bond acceptors (Lipinski definition) is 3. The van der Waals surface area contributed by atoms with E-state index in [1.165, 1.54) is 42.5 Å². The van der Waals surface area contributed by atoms with Gasteiger partial charge in [0, 0.05) is 5.02 Å². The van der Waals surface area contributed by atoms with Crippen molar-refractivity contribution in [3.8, 4) is 0 Å². The fourth-order valence-electron chi connectivity index (χ4n) is 2.69. The predicted octanol–water partition coefficient (Wildman–Crippen LogP) is 4.80. The molecule has 0 aliphatic carbocycles. The largest absolute Gasteiger partial charge is 0.438 e. The second kappa shape index (κ2) is 6.82. The average molecular weight is 417 g/mol. The number of benzene rings is 2. The third-order valence-electron chi connectivity index (χ3n) is 4.16. The van der Waals surface area contributed by atoms with Crippen LogP contribution in [0.15, 0.2) is 47.6 Å². The molecule has 1 heterocycles. The molecule has 4 nitrogen and oxygen atoms in total. The van der Waals surface area contributed by atoms with Crippen molar-refractivity contribution < 1.29 is 23.1 Å². The van der Waals surface area contributed by atoms with Gasteiger partial charge in [0.1, 0.15) is 0 Å². The maximum Gasteiger partial charge on any atom is 0.438 e. The van der Waals surface area contributed by atoms with Gasteiger partial charge in [0.05, 0.1) is 22.7 Å². The Balaban J connectivity index is 2.07. The van der Waals surface area contributed by atoms with Crippen LogP contribution in [0.1, 0.15) is 27.9 Å². The van der Waals surface area contributed by atoms with E-state index in [0.717, 1.165) is 5.56 Å². The average Bonchev–Trinajstić information content (AvgIpc) is 2.94. The quantitative estimate of drug-likeness (QED) is 0.763. The van der Waals surface area contributed by atoms with Crippen molar-refractivity contribution in [2.24, 2.45) is 5.10 Å². The molecule has 0 saturated carbocycles. The number of nitrogens with zero attached hydrogens (tertiary/aromatic N) is 2. The first kappa shape index (κ1) is 19.7. The molecular formula is C18H13Cl2F3N2O2. The van der Waals surface area contributed by atoms with Gasteiger partial charge in [-0.15, -0.1) is 0 Å². The van der Waals surface area contributed by atoms with Gasteiger partial charge in [0.15, 0.2) is 0 Å². The summed E-state index contributed by atoms with van der Waals surface area (Å²) < 4.78 is 40.9. The van der Waals surface area contributed by atoms with Crippen LogP contribution in [0.2, 0.25) is 10.0 Å². The summed E-state index contributed by atoms with van der Waals surface area (Å²) in [6, 6.07) is 10.2. The maximum atomic E-state index is 13.6.